The van der Waals surface area contributed by atoms with Crippen LogP contribution in [0.2, 0.25) is 0 Å². The van der Waals surface area contributed by atoms with Crippen molar-refractivity contribution in [3.8, 4) is 11.4 Å². The van der Waals surface area contributed by atoms with Crippen molar-refractivity contribution < 1.29 is 14.3 Å². The third-order valence-electron chi connectivity index (χ3n) is 3.69. The van der Waals surface area contributed by atoms with Gasteiger partial charge in [0.25, 0.3) is 0 Å². The summed E-state index contributed by atoms with van der Waals surface area (Å²) in [5.74, 6) is 0.285. The number of ether oxygens (including phenoxy) is 1. The van der Waals surface area contributed by atoms with Crippen molar-refractivity contribution in [3.05, 3.63) is 60.2 Å². The molecule has 7 nitrogen and oxygen atoms in total. The summed E-state index contributed by atoms with van der Waals surface area (Å²) >= 11 is 1.24. The van der Waals surface area contributed by atoms with Gasteiger partial charge in [-0.05, 0) is 30.7 Å². The molecule has 1 amide bonds. The molecule has 0 saturated carbocycles. The number of H-pyrrole nitrogens is 1. The molecule has 0 radical (unpaired) electrons. The predicted molar refractivity (Wildman–Crippen MR) is 108 cm³/mol. The molecule has 144 valence electrons. The van der Waals surface area contributed by atoms with Crippen LogP contribution in [0.15, 0.2) is 59.8 Å². The SMILES string of the molecule is CCCOC(=O)c1ccc(NC(=O)CSc2n[nH]c(-c3ccccc3)n2)cc1. The lowest BCUT2D eigenvalue weighted by Crippen LogP contribution is -2.14. The number of hydrogen-bond acceptors (Lipinski definition) is 6. The van der Waals surface area contributed by atoms with Crippen LogP contribution in [0.25, 0.3) is 11.4 Å². The van der Waals surface area contributed by atoms with Crippen molar-refractivity contribution >= 4 is 29.3 Å². The van der Waals surface area contributed by atoms with E-state index in [4.69, 9.17) is 4.74 Å². The van der Waals surface area contributed by atoms with Gasteiger partial charge in [0.05, 0.1) is 17.9 Å². The van der Waals surface area contributed by atoms with Crippen LogP contribution in [-0.4, -0.2) is 39.4 Å². The number of carbonyl (C=O) groups is 2. The Bertz CT molecular complexity index is 926. The maximum atomic E-state index is 12.1. The van der Waals surface area contributed by atoms with Gasteiger partial charge in [0.15, 0.2) is 5.82 Å². The molecule has 0 aliphatic heterocycles. The zero-order valence-corrected chi connectivity index (χ0v) is 16.2. The number of aromatic nitrogens is 3. The number of esters is 1. The number of rotatable bonds is 8. The number of amides is 1. The van der Waals surface area contributed by atoms with Crippen LogP contribution in [0.5, 0.6) is 0 Å². The highest BCUT2D eigenvalue weighted by Crippen LogP contribution is 2.19. The van der Waals surface area contributed by atoms with Gasteiger partial charge < -0.3 is 10.1 Å². The number of nitrogens with one attached hydrogen (secondary N) is 2. The fourth-order valence-corrected chi connectivity index (χ4v) is 2.93. The quantitative estimate of drug-likeness (QED) is 0.444. The van der Waals surface area contributed by atoms with Crippen LogP contribution in [0.1, 0.15) is 23.7 Å². The smallest absolute Gasteiger partial charge is 0.338 e. The number of anilines is 1. The lowest BCUT2D eigenvalue weighted by Gasteiger charge is -2.06. The van der Waals surface area contributed by atoms with Gasteiger partial charge in [0.1, 0.15) is 0 Å². The Kier molecular flexibility index (Phi) is 6.80. The van der Waals surface area contributed by atoms with Gasteiger partial charge >= 0.3 is 5.97 Å². The van der Waals surface area contributed by atoms with Crippen molar-refractivity contribution in [3.63, 3.8) is 0 Å². The first-order valence-electron chi connectivity index (χ1n) is 8.83. The van der Waals surface area contributed by atoms with Crippen molar-refractivity contribution in [1.29, 1.82) is 0 Å². The highest BCUT2D eigenvalue weighted by molar-refractivity contribution is 7.99. The molecule has 2 aromatic carbocycles. The van der Waals surface area contributed by atoms with Gasteiger partial charge in [-0.25, -0.2) is 9.78 Å². The molecule has 0 aliphatic carbocycles. The number of hydrogen-bond donors (Lipinski definition) is 2. The minimum atomic E-state index is -0.367. The molecule has 0 atom stereocenters. The molecule has 0 bridgehead atoms. The average molecular weight is 396 g/mol. The lowest BCUT2D eigenvalue weighted by molar-refractivity contribution is -0.113. The number of carbonyl (C=O) groups excluding carboxylic acids is 2. The Morgan fingerprint density at radius 2 is 1.86 bits per heavy atom. The average Bonchev–Trinajstić information content (AvgIpc) is 3.21. The molecular weight excluding hydrogens is 376 g/mol. The highest BCUT2D eigenvalue weighted by atomic mass is 32.2. The number of aromatic amines is 1. The van der Waals surface area contributed by atoms with Crippen LogP contribution in [0, 0.1) is 0 Å². The molecular formula is C20H20N4O3S. The van der Waals surface area contributed by atoms with Crippen LogP contribution < -0.4 is 5.32 Å². The van der Waals surface area contributed by atoms with E-state index >= 15 is 0 Å². The summed E-state index contributed by atoms with van der Waals surface area (Å²) in [6.45, 7) is 2.33. The third kappa shape index (κ3) is 5.43. The second-order valence-electron chi connectivity index (χ2n) is 5.88. The number of benzene rings is 2. The molecule has 0 aliphatic rings. The van der Waals surface area contributed by atoms with Gasteiger partial charge in [0, 0.05) is 11.3 Å². The second kappa shape index (κ2) is 9.70. The van der Waals surface area contributed by atoms with Gasteiger partial charge in [-0.3, -0.25) is 9.89 Å². The summed E-state index contributed by atoms with van der Waals surface area (Å²) < 4.78 is 5.07. The normalized spacial score (nSPS) is 10.5. The minimum Gasteiger partial charge on any atom is -0.462 e. The Hall–Kier alpha value is -3.13. The predicted octanol–water partition coefficient (Wildman–Crippen LogP) is 3.77. The monoisotopic (exact) mass is 396 g/mol. The van der Waals surface area contributed by atoms with Crippen molar-refractivity contribution in [2.75, 3.05) is 17.7 Å². The first kappa shape index (κ1) is 19.6. The van der Waals surface area contributed by atoms with E-state index in [1.807, 2.05) is 37.3 Å². The molecule has 0 saturated heterocycles. The molecule has 8 heteroatoms. The van der Waals surface area contributed by atoms with Gasteiger partial charge in [-0.1, -0.05) is 49.0 Å². The molecule has 0 fully saturated rings. The van der Waals surface area contributed by atoms with Gasteiger partial charge in [0.2, 0.25) is 11.1 Å². The summed E-state index contributed by atoms with van der Waals surface area (Å²) in [6, 6.07) is 16.2. The van der Waals surface area contributed by atoms with E-state index in [0.717, 1.165) is 12.0 Å². The summed E-state index contributed by atoms with van der Waals surface area (Å²) in [5.41, 5.74) is 2.00. The number of thioether (sulfide) groups is 1. The van der Waals surface area contributed by atoms with Crippen molar-refractivity contribution in [2.45, 2.75) is 18.5 Å². The molecule has 1 heterocycles. The molecule has 28 heavy (non-hydrogen) atoms. The zero-order chi connectivity index (χ0) is 19.8. The van der Waals surface area contributed by atoms with Crippen LogP contribution in [0.3, 0.4) is 0 Å². The molecule has 0 spiro atoms. The fraction of sp³-hybridized carbons (Fsp3) is 0.200. The van der Waals surface area contributed by atoms with Crippen LogP contribution in [0.4, 0.5) is 5.69 Å². The minimum absolute atomic E-state index is 0.173. The summed E-state index contributed by atoms with van der Waals surface area (Å²) in [6.07, 6.45) is 0.773. The Morgan fingerprint density at radius 1 is 1.11 bits per heavy atom. The molecule has 2 N–H and O–H groups in total. The second-order valence-corrected chi connectivity index (χ2v) is 6.83. The highest BCUT2D eigenvalue weighted by Gasteiger charge is 2.10. The van der Waals surface area contributed by atoms with Crippen LogP contribution >= 0.6 is 11.8 Å². The molecule has 0 unspecified atom stereocenters. The van der Waals surface area contributed by atoms with E-state index in [9.17, 15) is 9.59 Å². The fourth-order valence-electron chi connectivity index (χ4n) is 2.33. The van der Waals surface area contributed by atoms with E-state index < -0.39 is 0 Å². The Morgan fingerprint density at radius 3 is 2.57 bits per heavy atom. The van der Waals surface area contributed by atoms with E-state index in [0.29, 0.717) is 28.8 Å². The number of nitrogens with zero attached hydrogens (tertiary/aromatic N) is 2. The lowest BCUT2D eigenvalue weighted by atomic mass is 10.2. The summed E-state index contributed by atoms with van der Waals surface area (Å²) in [5, 5.41) is 10.3. The first-order chi connectivity index (χ1) is 13.7. The van der Waals surface area contributed by atoms with E-state index in [1.54, 1.807) is 24.3 Å². The van der Waals surface area contributed by atoms with Crippen LogP contribution in [-0.2, 0) is 9.53 Å². The van der Waals surface area contributed by atoms with E-state index in [-0.39, 0.29) is 17.6 Å². The van der Waals surface area contributed by atoms with Crippen molar-refractivity contribution in [2.24, 2.45) is 0 Å². The Labute approximate surface area is 166 Å². The van der Waals surface area contributed by atoms with Crippen molar-refractivity contribution in [1.82, 2.24) is 15.2 Å². The summed E-state index contributed by atoms with van der Waals surface area (Å²) in [7, 11) is 0. The van der Waals surface area contributed by atoms with Gasteiger partial charge in [-0.2, -0.15) is 0 Å². The topological polar surface area (TPSA) is 97.0 Å². The largest absolute Gasteiger partial charge is 0.462 e. The molecule has 1 aromatic heterocycles. The summed E-state index contributed by atoms with van der Waals surface area (Å²) in [4.78, 5) is 28.3. The molecule has 3 aromatic rings. The maximum absolute atomic E-state index is 12.1. The first-order valence-corrected chi connectivity index (χ1v) is 9.82. The zero-order valence-electron chi connectivity index (χ0n) is 15.3. The van der Waals surface area contributed by atoms with E-state index in [1.165, 1.54) is 11.8 Å². The molecule has 3 rings (SSSR count). The van der Waals surface area contributed by atoms with Gasteiger partial charge in [-0.15, -0.1) is 5.10 Å². The third-order valence-corrected chi connectivity index (χ3v) is 4.53. The standard InChI is InChI=1S/C20H20N4O3S/c1-2-12-27-19(26)15-8-10-16(11-9-15)21-17(25)13-28-20-22-18(23-24-20)14-6-4-3-5-7-14/h3-11H,2,12-13H2,1H3,(H,21,25)(H,22,23,24). The maximum Gasteiger partial charge on any atom is 0.338 e. The van der Waals surface area contributed by atoms with E-state index in [2.05, 4.69) is 20.5 Å². The Balaban J connectivity index is 1.49.